The summed E-state index contributed by atoms with van der Waals surface area (Å²) in [6.07, 6.45) is 1.66. The lowest BCUT2D eigenvalue weighted by Gasteiger charge is -2.10. The van der Waals surface area contributed by atoms with E-state index >= 15 is 0 Å². The van der Waals surface area contributed by atoms with Crippen LogP contribution in [-0.2, 0) is 20.6 Å². The van der Waals surface area contributed by atoms with Crippen LogP contribution in [0.25, 0.3) is 11.0 Å². The normalized spacial score (nSPS) is 10.9. The zero-order valence-corrected chi connectivity index (χ0v) is 13.2. The fourth-order valence-electron chi connectivity index (χ4n) is 2.11. The predicted octanol–water partition coefficient (Wildman–Crippen LogP) is 3.66. The average molecular weight is 328 g/mol. The van der Waals surface area contributed by atoms with Crippen molar-refractivity contribution in [2.45, 2.75) is 5.75 Å². The molecule has 0 saturated carbocycles. The Kier molecular flexibility index (Phi) is 4.38. The molecule has 0 saturated heterocycles. The Balaban J connectivity index is 1.91. The molecule has 0 aliphatic rings. The lowest BCUT2D eigenvalue weighted by atomic mass is 10.2. The zero-order chi connectivity index (χ0) is 16.2. The Morgan fingerprint density at radius 3 is 2.61 bits per heavy atom. The Bertz CT molecular complexity index is 900. The van der Waals surface area contributed by atoms with Crippen molar-refractivity contribution in [3.05, 3.63) is 54.2 Å². The van der Waals surface area contributed by atoms with Gasteiger partial charge < -0.3 is 18.5 Å². The topological polar surface area (TPSA) is 85.2 Å². The van der Waals surface area contributed by atoms with E-state index in [0.717, 1.165) is 5.56 Å². The second-order valence-corrected chi connectivity index (χ2v) is 5.75. The third-order valence-electron chi connectivity index (χ3n) is 3.18. The molecule has 1 aromatic carbocycles. The predicted molar refractivity (Wildman–Crippen MR) is 87.1 cm³/mol. The van der Waals surface area contributed by atoms with E-state index in [9.17, 15) is 4.21 Å². The highest BCUT2D eigenvalue weighted by atomic mass is 32.2. The maximum absolute atomic E-state index is 10.9. The number of rotatable bonds is 5. The maximum atomic E-state index is 10.9. The molecule has 6 nitrogen and oxygen atoms in total. The first-order chi connectivity index (χ1) is 11.2. The van der Waals surface area contributed by atoms with Gasteiger partial charge in [-0.25, -0.2) is 4.98 Å². The van der Waals surface area contributed by atoms with Gasteiger partial charge in [-0.05, 0) is 18.2 Å². The lowest BCUT2D eigenvalue weighted by Crippen LogP contribution is -1.93. The van der Waals surface area contributed by atoms with Gasteiger partial charge in [0.1, 0.15) is 11.3 Å². The Hall–Kier alpha value is -2.67. The van der Waals surface area contributed by atoms with E-state index in [1.54, 1.807) is 49.7 Å². The average Bonchev–Trinajstić information content (AvgIpc) is 2.56. The molecule has 0 unspecified atom stereocenters. The Labute approximate surface area is 135 Å². The Morgan fingerprint density at radius 2 is 1.91 bits per heavy atom. The number of fused-ring (bicyclic) bond motifs is 1. The van der Waals surface area contributed by atoms with Crippen molar-refractivity contribution in [1.82, 2.24) is 9.97 Å². The molecule has 0 fully saturated rings. The fraction of sp³-hybridized carbons (Fsp3) is 0.125. The number of hydrogen-bond acceptors (Lipinski definition) is 7. The molecule has 118 valence electrons. The molecular formula is C16H14N3O3S-. The molecule has 3 aromatic rings. The third-order valence-corrected chi connectivity index (χ3v) is 3.77. The van der Waals surface area contributed by atoms with Crippen LogP contribution in [0.2, 0.25) is 0 Å². The van der Waals surface area contributed by atoms with E-state index < -0.39 is 10.6 Å². The zero-order valence-electron chi connectivity index (χ0n) is 12.4. The first kappa shape index (κ1) is 15.2. The summed E-state index contributed by atoms with van der Waals surface area (Å²) >= 11 is 0. The van der Waals surface area contributed by atoms with Crippen molar-refractivity contribution in [2.75, 3.05) is 7.11 Å². The molecule has 1 N–H and O–H groups in total. The molecule has 0 spiro atoms. The summed E-state index contributed by atoms with van der Waals surface area (Å²) in [5.74, 6) is 1.90. The summed E-state index contributed by atoms with van der Waals surface area (Å²) in [5.41, 5.74) is 2.15. The molecule has 2 heterocycles. The number of hydrogen-bond donors (Lipinski definition) is 1. The van der Waals surface area contributed by atoms with Gasteiger partial charge >= 0.3 is 0 Å². The van der Waals surface area contributed by atoms with Crippen molar-refractivity contribution >= 4 is 21.6 Å². The molecular weight excluding hydrogens is 314 g/mol. The SMILES string of the molecule is COc1ccc2nccc(Oc3ccc(C[S-](=N)=O)cc3)c2n1. The van der Waals surface area contributed by atoms with Gasteiger partial charge in [-0.3, -0.25) is 4.98 Å². The smallest absolute Gasteiger partial charge is 0.213 e. The van der Waals surface area contributed by atoms with Crippen molar-refractivity contribution in [3.63, 3.8) is 0 Å². The van der Waals surface area contributed by atoms with Crippen LogP contribution in [0.15, 0.2) is 48.7 Å². The van der Waals surface area contributed by atoms with Gasteiger partial charge in [0.15, 0.2) is 5.75 Å². The van der Waals surface area contributed by atoms with Crippen LogP contribution in [0.5, 0.6) is 17.4 Å². The van der Waals surface area contributed by atoms with Crippen molar-refractivity contribution < 1.29 is 13.7 Å². The minimum absolute atomic E-state index is 0.206. The van der Waals surface area contributed by atoms with Gasteiger partial charge in [-0.15, -0.1) is 0 Å². The van der Waals surface area contributed by atoms with E-state index in [0.29, 0.717) is 28.4 Å². The van der Waals surface area contributed by atoms with Crippen molar-refractivity contribution in [3.8, 4) is 17.4 Å². The van der Waals surface area contributed by atoms with Crippen molar-refractivity contribution in [2.24, 2.45) is 0 Å². The second kappa shape index (κ2) is 6.62. The third kappa shape index (κ3) is 3.57. The monoisotopic (exact) mass is 328 g/mol. The van der Waals surface area contributed by atoms with Crippen LogP contribution in [0.4, 0.5) is 0 Å². The lowest BCUT2D eigenvalue weighted by molar-refractivity contribution is 0.399. The van der Waals surface area contributed by atoms with Gasteiger partial charge in [-0.1, -0.05) is 23.4 Å². The number of aromatic nitrogens is 2. The number of pyridine rings is 2. The molecule has 23 heavy (non-hydrogen) atoms. The van der Waals surface area contributed by atoms with Gasteiger partial charge in [-0.2, -0.15) is 10.6 Å². The summed E-state index contributed by atoms with van der Waals surface area (Å²) in [4.78, 5) is 8.62. The highest BCUT2D eigenvalue weighted by Gasteiger charge is 2.07. The van der Waals surface area contributed by atoms with Crippen molar-refractivity contribution in [1.29, 1.82) is 4.78 Å². The van der Waals surface area contributed by atoms with Crippen LogP contribution in [-0.4, -0.2) is 17.1 Å². The van der Waals surface area contributed by atoms with E-state index in [4.69, 9.17) is 14.3 Å². The largest absolute Gasteiger partial charge is 0.481 e. The number of methoxy groups -OCH3 is 1. The van der Waals surface area contributed by atoms with Crippen LogP contribution in [0.1, 0.15) is 5.56 Å². The molecule has 0 radical (unpaired) electrons. The van der Waals surface area contributed by atoms with Crippen LogP contribution in [0, 0.1) is 4.78 Å². The summed E-state index contributed by atoms with van der Waals surface area (Å²) in [6.45, 7) is 0. The molecule has 7 heteroatoms. The van der Waals surface area contributed by atoms with E-state index in [2.05, 4.69) is 9.97 Å². The summed E-state index contributed by atoms with van der Waals surface area (Å²) in [6, 6.07) is 12.4. The first-order valence-corrected chi connectivity index (χ1v) is 8.14. The van der Waals surface area contributed by atoms with Gasteiger partial charge in [0.25, 0.3) is 0 Å². The fourth-order valence-corrected chi connectivity index (χ4v) is 2.61. The molecule has 0 aliphatic carbocycles. The summed E-state index contributed by atoms with van der Waals surface area (Å²) in [5, 5.41) is 0. The quantitative estimate of drug-likeness (QED) is 0.722. The number of ether oxygens (including phenoxy) is 2. The Morgan fingerprint density at radius 1 is 1.13 bits per heavy atom. The second-order valence-electron chi connectivity index (χ2n) is 4.77. The number of benzene rings is 1. The van der Waals surface area contributed by atoms with Crippen LogP contribution in [0.3, 0.4) is 0 Å². The number of nitrogens with one attached hydrogen (secondary N) is 1. The van der Waals surface area contributed by atoms with Gasteiger partial charge in [0.2, 0.25) is 5.88 Å². The maximum Gasteiger partial charge on any atom is 0.213 e. The van der Waals surface area contributed by atoms with Gasteiger partial charge in [0, 0.05) is 18.3 Å². The standard InChI is InChI=1S/C16H14N3O3S/c1-21-15-7-6-13-16(19-15)14(8-9-18-13)22-12-4-2-11(3-5-12)10-23(17)20/h2-9,17H,10H2,1H3/q-1. The van der Waals surface area contributed by atoms with Crippen LogP contribution < -0.4 is 9.47 Å². The number of nitrogens with zero attached hydrogens (tertiary/aromatic N) is 2. The molecule has 3 rings (SSSR count). The highest BCUT2D eigenvalue weighted by molar-refractivity contribution is 7.72. The van der Waals surface area contributed by atoms with E-state index in [1.165, 1.54) is 0 Å². The highest BCUT2D eigenvalue weighted by Crippen LogP contribution is 2.28. The minimum Gasteiger partial charge on any atom is -0.481 e. The van der Waals surface area contributed by atoms with E-state index in [1.807, 2.05) is 6.07 Å². The van der Waals surface area contributed by atoms with Gasteiger partial charge in [0.05, 0.1) is 12.6 Å². The molecule has 2 aromatic heterocycles. The van der Waals surface area contributed by atoms with Crippen LogP contribution >= 0.6 is 0 Å². The summed E-state index contributed by atoms with van der Waals surface area (Å²) < 4.78 is 29.0. The molecule has 0 aliphatic heterocycles. The van der Waals surface area contributed by atoms with E-state index in [-0.39, 0.29) is 5.75 Å². The first-order valence-electron chi connectivity index (χ1n) is 6.82. The molecule has 0 bridgehead atoms. The summed E-state index contributed by atoms with van der Waals surface area (Å²) in [7, 11) is -0.0508. The molecule has 0 amide bonds. The minimum atomic E-state index is -1.61. The molecule has 0 atom stereocenters.